The van der Waals surface area contributed by atoms with E-state index in [1.165, 1.54) is 11.3 Å². The Labute approximate surface area is 96.7 Å². The molecule has 0 aliphatic carbocycles. The van der Waals surface area contributed by atoms with Crippen LogP contribution in [-0.2, 0) is 11.3 Å². The molecular weight excluding hydrogens is 228 g/mol. The largest absolute Gasteiger partial charge is 0.465 e. The maximum Gasteiger partial charge on any atom is 0.408 e. The number of anilines is 1. The van der Waals surface area contributed by atoms with Gasteiger partial charge in [0.15, 0.2) is 0 Å². The molecule has 0 bridgehead atoms. The van der Waals surface area contributed by atoms with Crippen molar-refractivity contribution in [2.45, 2.75) is 26.4 Å². The SMILES string of the molecule is Cc1cc2c(s1)NC(=O)[C@H](C)N(C(=O)O)C2. The van der Waals surface area contributed by atoms with Gasteiger partial charge in [0.2, 0.25) is 5.91 Å². The van der Waals surface area contributed by atoms with Gasteiger partial charge in [-0.2, -0.15) is 0 Å². The number of aryl methyl sites for hydroxylation is 1. The molecule has 86 valence electrons. The van der Waals surface area contributed by atoms with E-state index in [0.29, 0.717) is 0 Å². The van der Waals surface area contributed by atoms with E-state index in [1.54, 1.807) is 6.92 Å². The Bertz CT molecular complexity index is 455. The first-order chi connectivity index (χ1) is 7.49. The minimum absolute atomic E-state index is 0.259. The van der Waals surface area contributed by atoms with Gasteiger partial charge in [-0.15, -0.1) is 11.3 Å². The highest BCUT2D eigenvalue weighted by Gasteiger charge is 2.30. The number of carboxylic acid groups (broad SMARTS) is 1. The summed E-state index contributed by atoms with van der Waals surface area (Å²) in [5, 5.41) is 12.5. The molecule has 1 aromatic heterocycles. The van der Waals surface area contributed by atoms with Crippen LogP contribution in [0.4, 0.5) is 9.80 Å². The highest BCUT2D eigenvalue weighted by atomic mass is 32.1. The molecule has 1 atom stereocenters. The van der Waals surface area contributed by atoms with Crippen molar-refractivity contribution in [1.82, 2.24) is 4.90 Å². The van der Waals surface area contributed by atoms with Crippen molar-refractivity contribution in [2.75, 3.05) is 5.32 Å². The van der Waals surface area contributed by atoms with E-state index in [2.05, 4.69) is 5.32 Å². The second-order valence-electron chi connectivity index (χ2n) is 3.79. The molecule has 0 radical (unpaired) electrons. The van der Waals surface area contributed by atoms with Gasteiger partial charge >= 0.3 is 6.09 Å². The average Bonchev–Trinajstić information content (AvgIpc) is 2.48. The minimum Gasteiger partial charge on any atom is -0.465 e. The molecule has 0 saturated carbocycles. The summed E-state index contributed by atoms with van der Waals surface area (Å²) in [6.07, 6.45) is -1.07. The maximum absolute atomic E-state index is 11.7. The lowest BCUT2D eigenvalue weighted by Gasteiger charge is -2.21. The zero-order valence-corrected chi connectivity index (χ0v) is 9.80. The van der Waals surface area contributed by atoms with Crippen LogP contribution in [0.15, 0.2) is 6.07 Å². The molecule has 1 aliphatic heterocycles. The first kappa shape index (κ1) is 10.9. The van der Waals surface area contributed by atoms with Crippen LogP contribution < -0.4 is 5.32 Å². The van der Waals surface area contributed by atoms with Gasteiger partial charge in [0.25, 0.3) is 0 Å². The third-order valence-corrected chi connectivity index (χ3v) is 3.61. The maximum atomic E-state index is 11.7. The molecular formula is C10H12N2O3S. The molecule has 1 aliphatic rings. The first-order valence-electron chi connectivity index (χ1n) is 4.89. The summed E-state index contributed by atoms with van der Waals surface area (Å²) >= 11 is 1.47. The monoisotopic (exact) mass is 240 g/mol. The van der Waals surface area contributed by atoms with Gasteiger partial charge in [-0.3, -0.25) is 9.69 Å². The van der Waals surface area contributed by atoms with E-state index < -0.39 is 12.1 Å². The number of fused-ring (bicyclic) bond motifs is 1. The summed E-state index contributed by atoms with van der Waals surface area (Å²) < 4.78 is 0. The fraction of sp³-hybridized carbons (Fsp3) is 0.400. The number of amides is 2. The molecule has 5 nitrogen and oxygen atoms in total. The molecule has 0 saturated heterocycles. The normalized spacial score (nSPS) is 20.0. The zero-order valence-electron chi connectivity index (χ0n) is 8.98. The molecule has 16 heavy (non-hydrogen) atoms. The average molecular weight is 240 g/mol. The van der Waals surface area contributed by atoms with Crippen LogP contribution in [0.5, 0.6) is 0 Å². The molecule has 0 aromatic carbocycles. The molecule has 2 amide bonds. The Hall–Kier alpha value is -1.56. The number of thiophene rings is 1. The van der Waals surface area contributed by atoms with Crippen LogP contribution in [0.3, 0.4) is 0 Å². The van der Waals surface area contributed by atoms with Gasteiger partial charge in [-0.05, 0) is 19.9 Å². The smallest absolute Gasteiger partial charge is 0.408 e. The number of carbonyl (C=O) groups excluding carboxylic acids is 1. The third kappa shape index (κ3) is 1.76. The zero-order chi connectivity index (χ0) is 11.9. The Morgan fingerprint density at radius 2 is 2.38 bits per heavy atom. The van der Waals surface area contributed by atoms with Crippen molar-refractivity contribution in [2.24, 2.45) is 0 Å². The van der Waals surface area contributed by atoms with Crippen LogP contribution in [0.1, 0.15) is 17.4 Å². The lowest BCUT2D eigenvalue weighted by molar-refractivity contribution is -0.120. The van der Waals surface area contributed by atoms with Gasteiger partial charge in [-0.1, -0.05) is 0 Å². The van der Waals surface area contributed by atoms with Crippen molar-refractivity contribution in [1.29, 1.82) is 0 Å². The Morgan fingerprint density at radius 3 is 3.00 bits per heavy atom. The van der Waals surface area contributed by atoms with Crippen molar-refractivity contribution in [3.05, 3.63) is 16.5 Å². The number of carbonyl (C=O) groups is 2. The van der Waals surface area contributed by atoms with E-state index in [9.17, 15) is 9.59 Å². The number of nitrogens with zero attached hydrogens (tertiary/aromatic N) is 1. The van der Waals surface area contributed by atoms with E-state index in [4.69, 9.17) is 5.11 Å². The molecule has 2 N–H and O–H groups in total. The predicted octanol–water partition coefficient (Wildman–Crippen LogP) is 1.88. The van der Waals surface area contributed by atoms with Crippen LogP contribution >= 0.6 is 11.3 Å². The summed E-state index contributed by atoms with van der Waals surface area (Å²) in [6, 6.07) is 1.26. The Balaban J connectivity index is 2.40. The van der Waals surface area contributed by atoms with E-state index >= 15 is 0 Å². The van der Waals surface area contributed by atoms with Gasteiger partial charge < -0.3 is 10.4 Å². The molecule has 0 spiro atoms. The first-order valence-corrected chi connectivity index (χ1v) is 5.70. The number of hydrogen-bond donors (Lipinski definition) is 2. The quantitative estimate of drug-likeness (QED) is 0.727. The van der Waals surface area contributed by atoms with Gasteiger partial charge in [0.05, 0.1) is 6.54 Å². The molecule has 2 rings (SSSR count). The fourth-order valence-electron chi connectivity index (χ4n) is 1.70. The molecule has 0 unspecified atom stereocenters. The predicted molar refractivity (Wildman–Crippen MR) is 60.7 cm³/mol. The van der Waals surface area contributed by atoms with E-state index in [0.717, 1.165) is 20.3 Å². The van der Waals surface area contributed by atoms with Crippen molar-refractivity contribution in [3.8, 4) is 0 Å². The highest BCUT2D eigenvalue weighted by Crippen LogP contribution is 2.31. The van der Waals surface area contributed by atoms with Crippen LogP contribution in [0, 0.1) is 6.92 Å². The van der Waals surface area contributed by atoms with Gasteiger partial charge in [0.1, 0.15) is 11.0 Å². The molecule has 1 aromatic rings. The lowest BCUT2D eigenvalue weighted by atomic mass is 10.2. The summed E-state index contributed by atoms with van der Waals surface area (Å²) in [6.45, 7) is 3.78. The number of rotatable bonds is 0. The summed E-state index contributed by atoms with van der Waals surface area (Å²) in [4.78, 5) is 24.9. The second-order valence-corrected chi connectivity index (χ2v) is 5.04. The summed E-state index contributed by atoms with van der Waals surface area (Å²) in [7, 11) is 0. The number of nitrogens with one attached hydrogen (secondary N) is 1. The standard InChI is InChI=1S/C10H12N2O3S/c1-5-3-7-4-12(10(14)15)6(2)8(13)11-9(7)16-5/h3,6H,4H2,1-2H3,(H,11,13)(H,14,15)/t6-/m0/s1. The van der Waals surface area contributed by atoms with Gasteiger partial charge in [0, 0.05) is 10.4 Å². The highest BCUT2D eigenvalue weighted by molar-refractivity contribution is 7.16. The van der Waals surface area contributed by atoms with Crippen molar-refractivity contribution >= 4 is 28.3 Å². The van der Waals surface area contributed by atoms with E-state index in [-0.39, 0.29) is 12.5 Å². The van der Waals surface area contributed by atoms with Crippen LogP contribution in [0.2, 0.25) is 0 Å². The summed E-state index contributed by atoms with van der Waals surface area (Å²) in [5.74, 6) is -0.275. The fourth-order valence-corrected chi connectivity index (χ4v) is 2.63. The molecule has 6 heteroatoms. The summed E-state index contributed by atoms with van der Waals surface area (Å²) in [5.41, 5.74) is 0.864. The molecule has 0 fully saturated rings. The number of hydrogen-bond acceptors (Lipinski definition) is 3. The molecule has 2 heterocycles. The van der Waals surface area contributed by atoms with Crippen molar-refractivity contribution in [3.63, 3.8) is 0 Å². The van der Waals surface area contributed by atoms with Crippen LogP contribution in [0.25, 0.3) is 0 Å². The lowest BCUT2D eigenvalue weighted by Crippen LogP contribution is -2.42. The Morgan fingerprint density at radius 1 is 1.69 bits per heavy atom. The minimum atomic E-state index is -1.07. The van der Waals surface area contributed by atoms with E-state index in [1.807, 2.05) is 13.0 Å². The van der Waals surface area contributed by atoms with Gasteiger partial charge in [-0.25, -0.2) is 4.79 Å². The van der Waals surface area contributed by atoms with Crippen LogP contribution in [-0.4, -0.2) is 28.0 Å². The Kier molecular flexibility index (Phi) is 2.59. The third-order valence-electron chi connectivity index (χ3n) is 2.60. The topological polar surface area (TPSA) is 69.6 Å². The second kappa shape index (κ2) is 3.79. The van der Waals surface area contributed by atoms with Crippen molar-refractivity contribution < 1.29 is 14.7 Å².